The molecule has 0 aliphatic carbocycles. The Labute approximate surface area is 124 Å². The van der Waals surface area contributed by atoms with Crippen molar-refractivity contribution in [1.29, 1.82) is 0 Å². The number of aldehydes is 1. The SMILES string of the molecule is CC(C)c1c(C=O)c(-c2ccc(F)cc2)n2c1CCCC2. The number of carbonyl (C=O) groups excluding carboxylic acids is 1. The van der Waals surface area contributed by atoms with E-state index in [1.54, 1.807) is 12.1 Å². The number of nitrogens with zero attached hydrogens (tertiary/aromatic N) is 1. The second-order valence-corrected chi connectivity index (χ2v) is 6.01. The first-order chi connectivity index (χ1) is 10.1. The Morgan fingerprint density at radius 3 is 2.52 bits per heavy atom. The normalized spacial score (nSPS) is 14.3. The molecule has 3 rings (SSSR count). The summed E-state index contributed by atoms with van der Waals surface area (Å²) in [5.74, 6) is 0.0691. The van der Waals surface area contributed by atoms with E-state index in [-0.39, 0.29) is 5.82 Å². The predicted molar refractivity (Wildman–Crippen MR) is 82.2 cm³/mol. The van der Waals surface area contributed by atoms with E-state index in [1.165, 1.54) is 29.8 Å². The first-order valence-electron chi connectivity index (χ1n) is 7.60. The zero-order valence-corrected chi connectivity index (χ0v) is 12.5. The van der Waals surface area contributed by atoms with Crippen LogP contribution in [0.1, 0.15) is 54.2 Å². The van der Waals surface area contributed by atoms with Gasteiger partial charge in [0.25, 0.3) is 0 Å². The molecule has 2 nitrogen and oxygen atoms in total. The van der Waals surface area contributed by atoms with Gasteiger partial charge in [0.1, 0.15) is 5.82 Å². The predicted octanol–water partition coefficient (Wildman–Crippen LogP) is 4.57. The van der Waals surface area contributed by atoms with Gasteiger partial charge in [0.05, 0.1) is 5.69 Å². The Morgan fingerprint density at radius 2 is 1.90 bits per heavy atom. The molecule has 0 atom stereocenters. The molecule has 1 aromatic heterocycles. The number of rotatable bonds is 3. The Bertz CT molecular complexity index is 668. The number of aromatic nitrogens is 1. The minimum Gasteiger partial charge on any atom is -0.344 e. The lowest BCUT2D eigenvalue weighted by Crippen LogP contribution is -2.12. The number of fused-ring (bicyclic) bond motifs is 1. The summed E-state index contributed by atoms with van der Waals surface area (Å²) < 4.78 is 15.5. The average Bonchev–Trinajstić information content (AvgIpc) is 2.82. The number of halogens is 1. The number of hydrogen-bond donors (Lipinski definition) is 0. The van der Waals surface area contributed by atoms with Crippen LogP contribution >= 0.6 is 0 Å². The first-order valence-corrected chi connectivity index (χ1v) is 7.60. The van der Waals surface area contributed by atoms with E-state index in [4.69, 9.17) is 0 Å². The molecule has 0 radical (unpaired) electrons. The van der Waals surface area contributed by atoms with Crippen molar-refractivity contribution in [2.75, 3.05) is 0 Å². The number of carbonyl (C=O) groups is 1. The zero-order chi connectivity index (χ0) is 15.0. The van der Waals surface area contributed by atoms with E-state index in [1.807, 2.05) is 0 Å². The van der Waals surface area contributed by atoms with Crippen LogP contribution in [0.5, 0.6) is 0 Å². The average molecular weight is 285 g/mol. The third-order valence-electron chi connectivity index (χ3n) is 4.31. The summed E-state index contributed by atoms with van der Waals surface area (Å²) in [7, 11) is 0. The maximum Gasteiger partial charge on any atom is 0.152 e. The molecule has 21 heavy (non-hydrogen) atoms. The molecule has 0 amide bonds. The smallest absolute Gasteiger partial charge is 0.152 e. The van der Waals surface area contributed by atoms with Crippen LogP contribution in [0.4, 0.5) is 4.39 Å². The highest BCUT2D eigenvalue weighted by atomic mass is 19.1. The van der Waals surface area contributed by atoms with E-state index in [9.17, 15) is 9.18 Å². The quantitative estimate of drug-likeness (QED) is 0.757. The summed E-state index contributed by atoms with van der Waals surface area (Å²) in [5.41, 5.74) is 5.13. The molecule has 0 fully saturated rings. The molecule has 0 unspecified atom stereocenters. The van der Waals surface area contributed by atoms with Crippen molar-refractivity contribution >= 4 is 6.29 Å². The third-order valence-corrected chi connectivity index (χ3v) is 4.31. The standard InChI is InChI=1S/C18H20FNO/c1-12(2)17-15(11-21)18(13-6-8-14(19)9-7-13)20-10-4-3-5-16(17)20/h6-9,11-12H,3-5,10H2,1-2H3. The molecule has 2 heterocycles. The fourth-order valence-electron chi connectivity index (χ4n) is 3.47. The number of hydrogen-bond acceptors (Lipinski definition) is 1. The maximum atomic E-state index is 13.2. The summed E-state index contributed by atoms with van der Waals surface area (Å²) in [5, 5.41) is 0. The molecule has 3 heteroatoms. The van der Waals surface area contributed by atoms with Gasteiger partial charge in [-0.15, -0.1) is 0 Å². The molecule has 0 saturated heterocycles. The Hall–Kier alpha value is -1.90. The molecule has 1 aliphatic heterocycles. The summed E-state index contributed by atoms with van der Waals surface area (Å²) >= 11 is 0. The Balaban J connectivity index is 2.28. The second kappa shape index (κ2) is 5.47. The fraction of sp³-hybridized carbons (Fsp3) is 0.389. The van der Waals surface area contributed by atoms with Crippen LogP contribution in [0, 0.1) is 5.82 Å². The second-order valence-electron chi connectivity index (χ2n) is 6.01. The topological polar surface area (TPSA) is 22.0 Å². The molecule has 0 saturated carbocycles. The summed E-state index contributed by atoms with van der Waals surface area (Å²) in [6, 6.07) is 6.46. The van der Waals surface area contributed by atoms with Gasteiger partial charge in [-0.25, -0.2) is 4.39 Å². The van der Waals surface area contributed by atoms with Crippen molar-refractivity contribution in [3.63, 3.8) is 0 Å². The van der Waals surface area contributed by atoms with Gasteiger partial charge in [-0.3, -0.25) is 4.79 Å². The van der Waals surface area contributed by atoms with Crippen LogP contribution in [-0.4, -0.2) is 10.9 Å². The highest BCUT2D eigenvalue weighted by Crippen LogP contribution is 2.37. The Morgan fingerprint density at radius 1 is 1.19 bits per heavy atom. The molecule has 0 bridgehead atoms. The minimum atomic E-state index is -0.249. The summed E-state index contributed by atoms with van der Waals surface area (Å²) in [6.07, 6.45) is 4.30. The maximum absolute atomic E-state index is 13.2. The van der Waals surface area contributed by atoms with Crippen molar-refractivity contribution in [3.05, 3.63) is 46.9 Å². The Kier molecular flexibility index (Phi) is 3.66. The summed E-state index contributed by atoms with van der Waals surface area (Å²) in [4.78, 5) is 11.7. The third kappa shape index (κ3) is 2.31. The van der Waals surface area contributed by atoms with Crippen LogP contribution in [-0.2, 0) is 13.0 Å². The zero-order valence-electron chi connectivity index (χ0n) is 12.5. The van der Waals surface area contributed by atoms with Gasteiger partial charge in [-0.1, -0.05) is 13.8 Å². The fourth-order valence-corrected chi connectivity index (χ4v) is 3.47. The van der Waals surface area contributed by atoms with E-state index in [0.29, 0.717) is 5.92 Å². The van der Waals surface area contributed by atoms with Gasteiger partial charge in [0.2, 0.25) is 0 Å². The molecular weight excluding hydrogens is 265 g/mol. The van der Waals surface area contributed by atoms with Crippen LogP contribution in [0.15, 0.2) is 24.3 Å². The molecule has 1 aliphatic rings. The highest BCUT2D eigenvalue weighted by molar-refractivity contribution is 5.89. The van der Waals surface area contributed by atoms with Gasteiger partial charge in [0.15, 0.2) is 6.29 Å². The van der Waals surface area contributed by atoms with Gasteiger partial charge in [0, 0.05) is 17.8 Å². The van der Waals surface area contributed by atoms with Crippen LogP contribution in [0.2, 0.25) is 0 Å². The van der Waals surface area contributed by atoms with Gasteiger partial charge < -0.3 is 4.57 Å². The molecule has 0 spiro atoms. The summed E-state index contributed by atoms with van der Waals surface area (Å²) in [6.45, 7) is 5.20. The van der Waals surface area contributed by atoms with E-state index < -0.39 is 0 Å². The lowest BCUT2D eigenvalue weighted by molar-refractivity contribution is 0.112. The van der Waals surface area contributed by atoms with Crippen molar-refractivity contribution < 1.29 is 9.18 Å². The molecule has 1 aromatic carbocycles. The lowest BCUT2D eigenvalue weighted by atomic mass is 9.94. The van der Waals surface area contributed by atoms with Crippen LogP contribution in [0.25, 0.3) is 11.3 Å². The molecule has 2 aromatic rings. The van der Waals surface area contributed by atoms with Gasteiger partial charge in [-0.05, 0) is 60.6 Å². The molecule has 0 N–H and O–H groups in total. The van der Waals surface area contributed by atoms with E-state index >= 15 is 0 Å². The van der Waals surface area contributed by atoms with Crippen molar-refractivity contribution in [2.24, 2.45) is 0 Å². The van der Waals surface area contributed by atoms with Gasteiger partial charge >= 0.3 is 0 Å². The molecular formula is C18H20FNO. The largest absolute Gasteiger partial charge is 0.344 e. The van der Waals surface area contributed by atoms with Crippen molar-refractivity contribution in [2.45, 2.75) is 45.6 Å². The van der Waals surface area contributed by atoms with Crippen LogP contribution < -0.4 is 0 Å². The molecule has 110 valence electrons. The minimum absolute atomic E-state index is 0.249. The van der Waals surface area contributed by atoms with Gasteiger partial charge in [-0.2, -0.15) is 0 Å². The lowest BCUT2D eigenvalue weighted by Gasteiger charge is -2.19. The number of benzene rings is 1. The van der Waals surface area contributed by atoms with Crippen LogP contribution in [0.3, 0.4) is 0 Å². The van der Waals surface area contributed by atoms with Crippen molar-refractivity contribution in [3.8, 4) is 11.3 Å². The van der Waals surface area contributed by atoms with E-state index in [0.717, 1.165) is 42.5 Å². The van der Waals surface area contributed by atoms with Crippen molar-refractivity contribution in [1.82, 2.24) is 4.57 Å². The van der Waals surface area contributed by atoms with E-state index in [2.05, 4.69) is 18.4 Å². The monoisotopic (exact) mass is 285 g/mol. The highest BCUT2D eigenvalue weighted by Gasteiger charge is 2.26. The first kappa shape index (κ1) is 14.1.